The number of aliphatic hydroxyl groups is 1. The lowest BCUT2D eigenvalue weighted by Gasteiger charge is -2.16. The third kappa shape index (κ3) is 4.63. The molecule has 0 spiro atoms. The minimum absolute atomic E-state index is 0.329. The Kier molecular flexibility index (Phi) is 5.40. The average Bonchev–Trinajstić information content (AvgIpc) is 2.64. The topological polar surface area (TPSA) is 32.3 Å². The van der Waals surface area contributed by atoms with Crippen molar-refractivity contribution in [2.24, 2.45) is 5.92 Å². The zero-order valence-corrected chi connectivity index (χ0v) is 8.76. The van der Waals surface area contributed by atoms with E-state index in [0.29, 0.717) is 12.6 Å². The Labute approximate surface area is 81.7 Å². The number of hydrogen-bond donors (Lipinski definition) is 2. The Bertz CT molecular complexity index is 121. The highest BCUT2D eigenvalue weighted by Gasteiger charge is 2.14. The Morgan fingerprint density at radius 2 is 2.08 bits per heavy atom. The standard InChI is InChI=1S/C11H23NO/c1-10(5-4-8-13)12-9-11-6-2-3-7-11/h10-13H,2-9H2,1H3. The van der Waals surface area contributed by atoms with Crippen molar-refractivity contribution in [2.75, 3.05) is 13.2 Å². The molecule has 1 saturated carbocycles. The van der Waals surface area contributed by atoms with Gasteiger partial charge in [0.05, 0.1) is 0 Å². The highest BCUT2D eigenvalue weighted by atomic mass is 16.2. The summed E-state index contributed by atoms with van der Waals surface area (Å²) in [5.41, 5.74) is 0. The summed E-state index contributed by atoms with van der Waals surface area (Å²) in [5.74, 6) is 0.927. The molecule has 0 amide bonds. The van der Waals surface area contributed by atoms with Gasteiger partial charge in [-0.15, -0.1) is 0 Å². The van der Waals surface area contributed by atoms with Crippen molar-refractivity contribution >= 4 is 0 Å². The summed E-state index contributed by atoms with van der Waals surface area (Å²) in [6, 6.07) is 0.577. The first-order valence-corrected chi connectivity index (χ1v) is 5.67. The Balaban J connectivity index is 1.97. The molecule has 2 nitrogen and oxygen atoms in total. The summed E-state index contributed by atoms with van der Waals surface area (Å²) in [7, 11) is 0. The molecule has 0 aromatic carbocycles. The fraction of sp³-hybridized carbons (Fsp3) is 1.00. The first kappa shape index (κ1) is 11.0. The number of aliphatic hydroxyl groups excluding tert-OH is 1. The normalized spacial score (nSPS) is 20.8. The van der Waals surface area contributed by atoms with Gasteiger partial charge in [-0.1, -0.05) is 12.8 Å². The van der Waals surface area contributed by atoms with Gasteiger partial charge in [-0.3, -0.25) is 0 Å². The Morgan fingerprint density at radius 1 is 1.38 bits per heavy atom. The predicted octanol–water partition coefficient (Wildman–Crippen LogP) is 1.93. The van der Waals surface area contributed by atoms with Crippen molar-refractivity contribution in [3.8, 4) is 0 Å². The van der Waals surface area contributed by atoms with Gasteiger partial charge in [0.2, 0.25) is 0 Å². The molecule has 0 radical (unpaired) electrons. The van der Waals surface area contributed by atoms with Crippen LogP contribution in [0.3, 0.4) is 0 Å². The molecule has 0 saturated heterocycles. The molecular formula is C11H23NO. The summed E-state index contributed by atoms with van der Waals surface area (Å²) in [6.45, 7) is 3.73. The maximum Gasteiger partial charge on any atom is 0.0431 e. The maximum absolute atomic E-state index is 8.67. The van der Waals surface area contributed by atoms with Crippen molar-refractivity contribution in [2.45, 2.75) is 51.5 Å². The van der Waals surface area contributed by atoms with Crippen LogP contribution < -0.4 is 5.32 Å². The van der Waals surface area contributed by atoms with E-state index in [0.717, 1.165) is 18.8 Å². The van der Waals surface area contributed by atoms with Gasteiger partial charge in [0, 0.05) is 12.6 Å². The third-order valence-corrected chi connectivity index (χ3v) is 3.02. The van der Waals surface area contributed by atoms with E-state index < -0.39 is 0 Å². The smallest absolute Gasteiger partial charge is 0.0431 e. The second-order valence-electron chi connectivity index (χ2n) is 4.33. The molecule has 0 aromatic heterocycles. The van der Waals surface area contributed by atoms with Crippen molar-refractivity contribution in [1.82, 2.24) is 5.32 Å². The molecule has 0 aromatic rings. The quantitative estimate of drug-likeness (QED) is 0.662. The summed E-state index contributed by atoms with van der Waals surface area (Å²) in [5, 5.41) is 12.2. The molecule has 0 bridgehead atoms. The fourth-order valence-electron chi connectivity index (χ4n) is 2.08. The molecule has 0 heterocycles. The van der Waals surface area contributed by atoms with Gasteiger partial charge in [-0.2, -0.15) is 0 Å². The molecule has 1 unspecified atom stereocenters. The van der Waals surface area contributed by atoms with E-state index in [1.165, 1.54) is 32.2 Å². The van der Waals surface area contributed by atoms with E-state index in [9.17, 15) is 0 Å². The van der Waals surface area contributed by atoms with Crippen LogP contribution in [0.2, 0.25) is 0 Å². The monoisotopic (exact) mass is 185 g/mol. The van der Waals surface area contributed by atoms with Crippen LogP contribution in [-0.4, -0.2) is 24.3 Å². The molecule has 0 aliphatic heterocycles. The minimum Gasteiger partial charge on any atom is -0.396 e. The highest BCUT2D eigenvalue weighted by Crippen LogP contribution is 2.23. The maximum atomic E-state index is 8.67. The molecule has 1 aliphatic carbocycles. The van der Waals surface area contributed by atoms with Gasteiger partial charge >= 0.3 is 0 Å². The van der Waals surface area contributed by atoms with Crippen LogP contribution in [0.1, 0.15) is 45.4 Å². The summed E-state index contributed by atoms with van der Waals surface area (Å²) in [4.78, 5) is 0. The zero-order valence-electron chi connectivity index (χ0n) is 8.76. The van der Waals surface area contributed by atoms with E-state index >= 15 is 0 Å². The van der Waals surface area contributed by atoms with Crippen LogP contribution in [0.4, 0.5) is 0 Å². The summed E-state index contributed by atoms with van der Waals surface area (Å²) >= 11 is 0. The molecule has 13 heavy (non-hydrogen) atoms. The van der Waals surface area contributed by atoms with E-state index in [-0.39, 0.29) is 0 Å². The predicted molar refractivity (Wildman–Crippen MR) is 55.7 cm³/mol. The zero-order chi connectivity index (χ0) is 9.52. The lowest BCUT2D eigenvalue weighted by molar-refractivity contribution is 0.275. The summed E-state index contributed by atoms with van der Waals surface area (Å²) in [6.07, 6.45) is 7.72. The second-order valence-corrected chi connectivity index (χ2v) is 4.33. The van der Waals surface area contributed by atoms with E-state index in [4.69, 9.17) is 5.11 Å². The summed E-state index contributed by atoms with van der Waals surface area (Å²) < 4.78 is 0. The number of hydrogen-bond acceptors (Lipinski definition) is 2. The van der Waals surface area contributed by atoms with Gasteiger partial charge in [-0.25, -0.2) is 0 Å². The average molecular weight is 185 g/mol. The molecular weight excluding hydrogens is 162 g/mol. The van der Waals surface area contributed by atoms with Gasteiger partial charge in [0.1, 0.15) is 0 Å². The van der Waals surface area contributed by atoms with Crippen LogP contribution >= 0.6 is 0 Å². The van der Waals surface area contributed by atoms with Crippen LogP contribution in [0.5, 0.6) is 0 Å². The van der Waals surface area contributed by atoms with Crippen LogP contribution in [0.15, 0.2) is 0 Å². The van der Waals surface area contributed by atoms with Gasteiger partial charge < -0.3 is 10.4 Å². The first-order chi connectivity index (χ1) is 6.33. The molecule has 2 N–H and O–H groups in total. The molecule has 1 rings (SSSR count). The largest absolute Gasteiger partial charge is 0.396 e. The Morgan fingerprint density at radius 3 is 2.69 bits per heavy atom. The minimum atomic E-state index is 0.329. The molecule has 78 valence electrons. The van der Waals surface area contributed by atoms with Crippen LogP contribution in [0.25, 0.3) is 0 Å². The van der Waals surface area contributed by atoms with E-state index in [1.54, 1.807) is 0 Å². The van der Waals surface area contributed by atoms with Crippen LogP contribution in [0, 0.1) is 5.92 Å². The van der Waals surface area contributed by atoms with Crippen LogP contribution in [-0.2, 0) is 0 Å². The lowest BCUT2D eigenvalue weighted by atomic mass is 10.1. The van der Waals surface area contributed by atoms with Crippen molar-refractivity contribution in [1.29, 1.82) is 0 Å². The molecule has 1 fully saturated rings. The third-order valence-electron chi connectivity index (χ3n) is 3.02. The lowest BCUT2D eigenvalue weighted by Crippen LogP contribution is -2.30. The van der Waals surface area contributed by atoms with Crippen molar-refractivity contribution in [3.05, 3.63) is 0 Å². The Hall–Kier alpha value is -0.0800. The molecule has 2 heteroatoms. The number of rotatable bonds is 6. The van der Waals surface area contributed by atoms with Gasteiger partial charge in [-0.05, 0) is 45.1 Å². The fourth-order valence-corrected chi connectivity index (χ4v) is 2.08. The van der Waals surface area contributed by atoms with E-state index in [1.807, 2.05) is 0 Å². The highest BCUT2D eigenvalue weighted by molar-refractivity contribution is 4.71. The van der Waals surface area contributed by atoms with E-state index in [2.05, 4.69) is 12.2 Å². The van der Waals surface area contributed by atoms with Gasteiger partial charge in [0.25, 0.3) is 0 Å². The number of nitrogens with one attached hydrogen (secondary N) is 1. The van der Waals surface area contributed by atoms with Gasteiger partial charge in [0.15, 0.2) is 0 Å². The SMILES string of the molecule is CC(CCCO)NCC1CCCC1. The van der Waals surface area contributed by atoms with Crippen molar-refractivity contribution in [3.63, 3.8) is 0 Å². The second kappa shape index (κ2) is 6.39. The molecule has 1 atom stereocenters. The molecule has 1 aliphatic rings. The van der Waals surface area contributed by atoms with Crippen molar-refractivity contribution < 1.29 is 5.11 Å². The first-order valence-electron chi connectivity index (χ1n) is 5.67.